The van der Waals surface area contributed by atoms with E-state index in [1.165, 1.54) is 6.92 Å². The Hall–Kier alpha value is -1.14. The van der Waals surface area contributed by atoms with Crippen molar-refractivity contribution in [1.29, 1.82) is 0 Å². The number of carbonyl (C=O) groups is 2. The summed E-state index contributed by atoms with van der Waals surface area (Å²) in [5.74, 6) is -1.37. The van der Waals surface area contributed by atoms with E-state index in [0.29, 0.717) is 0 Å². The average Bonchev–Trinajstić information content (AvgIpc) is 2.25. The lowest BCUT2D eigenvalue weighted by atomic mass is 9.64. The smallest absolute Gasteiger partial charge is 0.327 e. The minimum absolute atomic E-state index is 0.0198. The molecule has 104 valence electrons. The number of hydrogen-bond donors (Lipinski definition) is 3. The Morgan fingerprint density at radius 3 is 2.50 bits per heavy atom. The van der Waals surface area contributed by atoms with Gasteiger partial charge in [-0.05, 0) is 6.42 Å². The molecule has 3 N–H and O–H groups in total. The number of rotatable bonds is 6. The molecule has 1 amide bonds. The van der Waals surface area contributed by atoms with E-state index in [1.54, 1.807) is 7.11 Å². The van der Waals surface area contributed by atoms with Crippen LogP contribution in [0.5, 0.6) is 0 Å². The standard InChI is InChI=1S/C12H22N2O4/c1-7(15)14-8(11(16)17)6-13-9-5-10(18-4)12(9,2)3/h8-10,13H,5-6H2,1-4H3,(H,14,15)(H,16,17). The number of ether oxygens (including phenoxy) is 1. The molecule has 1 aliphatic carbocycles. The number of carboxylic acids is 1. The van der Waals surface area contributed by atoms with E-state index >= 15 is 0 Å². The zero-order valence-corrected chi connectivity index (χ0v) is 11.3. The van der Waals surface area contributed by atoms with Crippen molar-refractivity contribution < 1.29 is 19.4 Å². The van der Waals surface area contributed by atoms with Crippen molar-refractivity contribution in [2.75, 3.05) is 13.7 Å². The number of carbonyl (C=O) groups excluding carboxylic acids is 1. The maximum atomic E-state index is 11.0. The van der Waals surface area contributed by atoms with Crippen LogP contribution in [0.1, 0.15) is 27.2 Å². The van der Waals surface area contributed by atoms with Crippen molar-refractivity contribution in [1.82, 2.24) is 10.6 Å². The van der Waals surface area contributed by atoms with Gasteiger partial charge in [-0.1, -0.05) is 13.8 Å². The Morgan fingerprint density at radius 2 is 2.11 bits per heavy atom. The Bertz CT molecular complexity index is 330. The predicted octanol–water partition coefficient (Wildman–Crippen LogP) is -0.0212. The van der Waals surface area contributed by atoms with Crippen LogP contribution >= 0.6 is 0 Å². The molecule has 0 aromatic carbocycles. The lowest BCUT2D eigenvalue weighted by molar-refractivity contribution is -0.142. The lowest BCUT2D eigenvalue weighted by Gasteiger charge is -2.51. The maximum absolute atomic E-state index is 11.0. The fourth-order valence-electron chi connectivity index (χ4n) is 2.34. The van der Waals surface area contributed by atoms with Gasteiger partial charge in [-0.15, -0.1) is 0 Å². The first-order valence-corrected chi connectivity index (χ1v) is 6.05. The first-order chi connectivity index (χ1) is 8.28. The Morgan fingerprint density at radius 1 is 1.50 bits per heavy atom. The first kappa shape index (κ1) is 14.9. The zero-order valence-electron chi connectivity index (χ0n) is 11.3. The van der Waals surface area contributed by atoms with Crippen LogP contribution in [0.2, 0.25) is 0 Å². The van der Waals surface area contributed by atoms with Crippen LogP contribution in [0.15, 0.2) is 0 Å². The number of hydrogen-bond acceptors (Lipinski definition) is 4. The lowest BCUT2D eigenvalue weighted by Crippen LogP contribution is -2.62. The molecule has 0 spiro atoms. The van der Waals surface area contributed by atoms with Gasteiger partial charge in [0.1, 0.15) is 6.04 Å². The van der Waals surface area contributed by atoms with Crippen LogP contribution in [0.3, 0.4) is 0 Å². The number of aliphatic carboxylic acids is 1. The van der Waals surface area contributed by atoms with Crippen molar-refractivity contribution in [2.24, 2.45) is 5.41 Å². The molecule has 6 heteroatoms. The van der Waals surface area contributed by atoms with E-state index in [-0.39, 0.29) is 30.0 Å². The minimum atomic E-state index is -1.03. The maximum Gasteiger partial charge on any atom is 0.327 e. The molecule has 6 nitrogen and oxygen atoms in total. The van der Waals surface area contributed by atoms with E-state index in [4.69, 9.17) is 9.84 Å². The van der Waals surface area contributed by atoms with Gasteiger partial charge in [-0.3, -0.25) is 4.79 Å². The van der Waals surface area contributed by atoms with Gasteiger partial charge in [0.15, 0.2) is 0 Å². The molecule has 0 aliphatic heterocycles. The minimum Gasteiger partial charge on any atom is -0.480 e. The van der Waals surface area contributed by atoms with Gasteiger partial charge in [0.05, 0.1) is 6.10 Å². The highest BCUT2D eigenvalue weighted by atomic mass is 16.5. The number of methoxy groups -OCH3 is 1. The van der Waals surface area contributed by atoms with Gasteiger partial charge in [-0.2, -0.15) is 0 Å². The normalized spacial score (nSPS) is 27.1. The summed E-state index contributed by atoms with van der Waals surface area (Å²) in [5, 5.41) is 14.6. The number of nitrogens with one attached hydrogen (secondary N) is 2. The molecule has 0 heterocycles. The van der Waals surface area contributed by atoms with Crippen molar-refractivity contribution in [2.45, 2.75) is 45.4 Å². The summed E-state index contributed by atoms with van der Waals surface area (Å²) < 4.78 is 5.32. The summed E-state index contributed by atoms with van der Waals surface area (Å²) in [6.07, 6.45) is 1.05. The van der Waals surface area contributed by atoms with E-state index in [9.17, 15) is 9.59 Å². The molecule has 3 atom stereocenters. The molecule has 3 unspecified atom stereocenters. The number of carboxylic acid groups (broad SMARTS) is 1. The molecule has 0 bridgehead atoms. The van der Waals surface area contributed by atoms with Crippen molar-refractivity contribution >= 4 is 11.9 Å². The molecule has 18 heavy (non-hydrogen) atoms. The van der Waals surface area contributed by atoms with Crippen LogP contribution in [-0.2, 0) is 14.3 Å². The molecule has 1 rings (SSSR count). The van der Waals surface area contributed by atoms with Crippen molar-refractivity contribution in [3.63, 3.8) is 0 Å². The summed E-state index contributed by atoms with van der Waals surface area (Å²) in [6.45, 7) is 5.69. The van der Waals surface area contributed by atoms with Crippen LogP contribution in [-0.4, -0.2) is 48.8 Å². The molecule has 0 saturated heterocycles. The third-order valence-corrected chi connectivity index (χ3v) is 3.71. The van der Waals surface area contributed by atoms with Gasteiger partial charge in [-0.25, -0.2) is 4.79 Å². The molecular weight excluding hydrogens is 236 g/mol. The van der Waals surface area contributed by atoms with Gasteiger partial charge < -0.3 is 20.5 Å². The largest absolute Gasteiger partial charge is 0.480 e. The second-order valence-electron chi connectivity index (χ2n) is 5.33. The molecule has 0 aromatic heterocycles. The summed E-state index contributed by atoms with van der Waals surface area (Å²) >= 11 is 0. The third-order valence-electron chi connectivity index (χ3n) is 3.71. The Balaban J connectivity index is 2.45. The SMILES string of the molecule is COC1CC(NCC(NC(C)=O)C(=O)O)C1(C)C. The fourth-order valence-corrected chi connectivity index (χ4v) is 2.34. The van der Waals surface area contributed by atoms with E-state index < -0.39 is 12.0 Å². The van der Waals surface area contributed by atoms with Crippen LogP contribution in [0, 0.1) is 5.41 Å². The second kappa shape index (κ2) is 5.67. The first-order valence-electron chi connectivity index (χ1n) is 6.05. The van der Waals surface area contributed by atoms with Crippen LogP contribution in [0.4, 0.5) is 0 Å². The van der Waals surface area contributed by atoms with Gasteiger partial charge in [0.25, 0.3) is 0 Å². The van der Waals surface area contributed by atoms with Crippen LogP contribution < -0.4 is 10.6 Å². The Labute approximate surface area is 107 Å². The predicted molar refractivity (Wildman–Crippen MR) is 66.2 cm³/mol. The van der Waals surface area contributed by atoms with E-state index in [2.05, 4.69) is 24.5 Å². The fraction of sp³-hybridized carbons (Fsp3) is 0.833. The molecule has 0 radical (unpaired) electrons. The highest BCUT2D eigenvalue weighted by molar-refractivity contribution is 5.82. The summed E-state index contributed by atoms with van der Waals surface area (Å²) in [4.78, 5) is 21.8. The average molecular weight is 258 g/mol. The van der Waals surface area contributed by atoms with Crippen LogP contribution in [0.25, 0.3) is 0 Å². The summed E-state index contributed by atoms with van der Waals surface area (Å²) in [5.41, 5.74) is -0.0198. The third kappa shape index (κ3) is 3.20. The van der Waals surface area contributed by atoms with Gasteiger partial charge >= 0.3 is 5.97 Å². The van der Waals surface area contributed by atoms with Crippen molar-refractivity contribution in [3.8, 4) is 0 Å². The molecule has 1 fully saturated rings. The van der Waals surface area contributed by atoms with Gasteiger partial charge in [0.2, 0.25) is 5.91 Å². The molecule has 0 aromatic rings. The highest BCUT2D eigenvalue weighted by Crippen LogP contribution is 2.42. The summed E-state index contributed by atoms with van der Waals surface area (Å²) in [6, 6.07) is -0.682. The van der Waals surface area contributed by atoms with Crippen molar-refractivity contribution in [3.05, 3.63) is 0 Å². The summed E-state index contributed by atoms with van der Waals surface area (Å²) in [7, 11) is 1.68. The second-order valence-corrected chi connectivity index (χ2v) is 5.33. The van der Waals surface area contributed by atoms with E-state index in [0.717, 1.165) is 6.42 Å². The quantitative estimate of drug-likeness (QED) is 0.623. The van der Waals surface area contributed by atoms with Gasteiger partial charge in [0, 0.05) is 32.0 Å². The van der Waals surface area contributed by atoms with E-state index in [1.807, 2.05) is 0 Å². The number of amides is 1. The topological polar surface area (TPSA) is 87.7 Å². The zero-order chi connectivity index (χ0) is 13.9. The highest BCUT2D eigenvalue weighted by Gasteiger charge is 2.48. The Kier molecular flexibility index (Phi) is 4.70. The molecule has 1 aliphatic rings. The molecular formula is C12H22N2O4. The monoisotopic (exact) mass is 258 g/mol. The molecule has 1 saturated carbocycles.